The van der Waals surface area contributed by atoms with E-state index in [0.717, 1.165) is 42.7 Å². The van der Waals surface area contributed by atoms with Gasteiger partial charge in [-0.25, -0.2) is 15.0 Å². The number of hydrogen-bond donors (Lipinski definition) is 1. The van der Waals surface area contributed by atoms with Crippen LogP contribution in [0.2, 0.25) is 0 Å². The Kier molecular flexibility index (Phi) is 3.52. The molecule has 0 atom stereocenters. The quantitative estimate of drug-likeness (QED) is 0.683. The molecule has 2 aromatic heterocycles. The highest BCUT2D eigenvalue weighted by atomic mass is 32.2. The number of aryl methyl sites for hydroxylation is 1. The Labute approximate surface area is 116 Å². The fourth-order valence-electron chi connectivity index (χ4n) is 2.35. The molecule has 0 spiro atoms. The van der Waals surface area contributed by atoms with Gasteiger partial charge in [-0.05, 0) is 13.2 Å². The fourth-order valence-corrected chi connectivity index (χ4v) is 2.71. The lowest BCUT2D eigenvalue weighted by atomic mass is 10.1. The molecule has 0 aromatic carbocycles. The van der Waals surface area contributed by atoms with E-state index in [-0.39, 0.29) is 0 Å². The van der Waals surface area contributed by atoms with E-state index in [0.29, 0.717) is 0 Å². The Hall–Kier alpha value is -1.40. The maximum absolute atomic E-state index is 4.58. The summed E-state index contributed by atoms with van der Waals surface area (Å²) in [4.78, 5) is 19.0. The standard InChI is InChI=1S/C13H17N5S/c1-9-5-14-12(16-9)8-18-4-3-11-10(7-18)6-15-13(17-11)19-2/h5-6H,3-4,7-8H2,1-2H3,(H,14,16). The molecular weight excluding hydrogens is 258 g/mol. The zero-order valence-corrected chi connectivity index (χ0v) is 12.0. The van der Waals surface area contributed by atoms with Gasteiger partial charge in [0.1, 0.15) is 5.82 Å². The summed E-state index contributed by atoms with van der Waals surface area (Å²) >= 11 is 1.60. The van der Waals surface area contributed by atoms with Crippen LogP contribution in [0.25, 0.3) is 0 Å². The number of H-pyrrole nitrogens is 1. The van der Waals surface area contributed by atoms with E-state index < -0.39 is 0 Å². The monoisotopic (exact) mass is 275 g/mol. The second kappa shape index (κ2) is 5.30. The second-order valence-electron chi connectivity index (χ2n) is 4.80. The number of thioether (sulfide) groups is 1. The lowest BCUT2D eigenvalue weighted by Crippen LogP contribution is -2.31. The molecule has 0 saturated heterocycles. The lowest BCUT2D eigenvalue weighted by molar-refractivity contribution is 0.237. The molecule has 1 aliphatic rings. The number of nitrogens with zero attached hydrogens (tertiary/aromatic N) is 4. The smallest absolute Gasteiger partial charge is 0.187 e. The third-order valence-corrected chi connectivity index (χ3v) is 3.86. The number of aromatic nitrogens is 4. The van der Waals surface area contributed by atoms with Crippen LogP contribution >= 0.6 is 11.8 Å². The van der Waals surface area contributed by atoms with E-state index in [1.807, 2.05) is 25.6 Å². The minimum atomic E-state index is 0.859. The summed E-state index contributed by atoms with van der Waals surface area (Å²) in [5, 5.41) is 0.869. The average molecular weight is 275 g/mol. The van der Waals surface area contributed by atoms with Gasteiger partial charge in [-0.1, -0.05) is 11.8 Å². The van der Waals surface area contributed by atoms with Crippen LogP contribution in [0.15, 0.2) is 17.6 Å². The van der Waals surface area contributed by atoms with Gasteiger partial charge in [0, 0.05) is 43.2 Å². The van der Waals surface area contributed by atoms with Gasteiger partial charge in [-0.15, -0.1) is 0 Å². The molecule has 2 aromatic rings. The molecule has 6 heteroatoms. The molecule has 3 heterocycles. The fraction of sp³-hybridized carbons (Fsp3) is 0.462. The number of aromatic amines is 1. The molecule has 1 N–H and O–H groups in total. The van der Waals surface area contributed by atoms with Gasteiger partial charge in [0.15, 0.2) is 5.16 Å². The largest absolute Gasteiger partial charge is 0.345 e. The maximum Gasteiger partial charge on any atom is 0.187 e. The summed E-state index contributed by atoms with van der Waals surface area (Å²) in [7, 11) is 0. The lowest BCUT2D eigenvalue weighted by Gasteiger charge is -2.27. The molecule has 19 heavy (non-hydrogen) atoms. The van der Waals surface area contributed by atoms with E-state index >= 15 is 0 Å². The zero-order chi connectivity index (χ0) is 13.2. The van der Waals surface area contributed by atoms with Gasteiger partial charge in [0.05, 0.1) is 12.2 Å². The number of imidazole rings is 1. The maximum atomic E-state index is 4.58. The van der Waals surface area contributed by atoms with Crippen LogP contribution < -0.4 is 0 Å². The van der Waals surface area contributed by atoms with Crippen molar-refractivity contribution in [2.75, 3.05) is 12.8 Å². The summed E-state index contributed by atoms with van der Waals surface area (Å²) in [5.41, 5.74) is 3.55. The summed E-state index contributed by atoms with van der Waals surface area (Å²) in [6, 6.07) is 0. The van der Waals surface area contributed by atoms with Gasteiger partial charge in [0.2, 0.25) is 0 Å². The summed E-state index contributed by atoms with van der Waals surface area (Å²) in [6.45, 7) is 4.82. The van der Waals surface area contributed by atoms with Crippen molar-refractivity contribution < 1.29 is 0 Å². The van der Waals surface area contributed by atoms with E-state index in [4.69, 9.17) is 0 Å². The molecular formula is C13H17N5S. The number of rotatable bonds is 3. The van der Waals surface area contributed by atoms with E-state index in [2.05, 4.69) is 24.8 Å². The van der Waals surface area contributed by atoms with Crippen LogP contribution in [-0.4, -0.2) is 37.6 Å². The normalized spacial score (nSPS) is 15.5. The van der Waals surface area contributed by atoms with Crippen LogP contribution in [0.5, 0.6) is 0 Å². The molecule has 0 unspecified atom stereocenters. The third-order valence-electron chi connectivity index (χ3n) is 3.30. The van der Waals surface area contributed by atoms with Crippen LogP contribution in [-0.2, 0) is 19.5 Å². The molecule has 0 aliphatic carbocycles. The molecule has 100 valence electrons. The van der Waals surface area contributed by atoms with Crippen LogP contribution in [0.1, 0.15) is 22.8 Å². The van der Waals surface area contributed by atoms with Crippen molar-refractivity contribution in [3.05, 3.63) is 35.2 Å². The molecule has 0 saturated carbocycles. The van der Waals surface area contributed by atoms with E-state index in [9.17, 15) is 0 Å². The Morgan fingerprint density at radius 2 is 2.26 bits per heavy atom. The molecule has 0 radical (unpaired) electrons. The first-order valence-electron chi connectivity index (χ1n) is 6.36. The highest BCUT2D eigenvalue weighted by Crippen LogP contribution is 2.20. The van der Waals surface area contributed by atoms with Crippen molar-refractivity contribution in [2.45, 2.75) is 31.6 Å². The highest BCUT2D eigenvalue weighted by Gasteiger charge is 2.19. The Morgan fingerprint density at radius 3 is 3.00 bits per heavy atom. The molecule has 3 rings (SSSR count). The van der Waals surface area contributed by atoms with Crippen molar-refractivity contribution in [3.8, 4) is 0 Å². The van der Waals surface area contributed by atoms with Gasteiger partial charge in [-0.3, -0.25) is 4.90 Å². The van der Waals surface area contributed by atoms with Crippen LogP contribution in [0, 0.1) is 6.92 Å². The van der Waals surface area contributed by atoms with Crippen LogP contribution in [0.3, 0.4) is 0 Å². The number of fused-ring (bicyclic) bond motifs is 1. The summed E-state index contributed by atoms with van der Waals surface area (Å²) in [6.07, 6.45) is 6.84. The van der Waals surface area contributed by atoms with Gasteiger partial charge in [0.25, 0.3) is 0 Å². The molecule has 5 nitrogen and oxygen atoms in total. The van der Waals surface area contributed by atoms with Crippen molar-refractivity contribution in [1.29, 1.82) is 0 Å². The Morgan fingerprint density at radius 1 is 1.37 bits per heavy atom. The summed E-state index contributed by atoms with van der Waals surface area (Å²) < 4.78 is 0. The topological polar surface area (TPSA) is 57.7 Å². The molecule has 0 bridgehead atoms. The number of hydrogen-bond acceptors (Lipinski definition) is 5. The minimum Gasteiger partial charge on any atom is -0.345 e. The predicted molar refractivity (Wildman–Crippen MR) is 75.0 cm³/mol. The first kappa shape index (κ1) is 12.6. The van der Waals surface area contributed by atoms with E-state index in [1.165, 1.54) is 11.3 Å². The molecule has 0 fully saturated rings. The first-order chi connectivity index (χ1) is 9.24. The highest BCUT2D eigenvalue weighted by molar-refractivity contribution is 7.98. The van der Waals surface area contributed by atoms with E-state index in [1.54, 1.807) is 11.8 Å². The van der Waals surface area contributed by atoms with Gasteiger partial charge in [-0.2, -0.15) is 0 Å². The number of nitrogens with one attached hydrogen (secondary N) is 1. The average Bonchev–Trinajstić information content (AvgIpc) is 2.83. The SMILES string of the molecule is CSc1ncc2c(n1)CCN(Cc1ncc(C)[nH]1)C2. The Bertz CT molecular complexity index is 580. The second-order valence-corrected chi connectivity index (χ2v) is 5.58. The van der Waals surface area contributed by atoms with Gasteiger partial charge >= 0.3 is 0 Å². The summed E-state index contributed by atoms with van der Waals surface area (Å²) in [5.74, 6) is 1.03. The van der Waals surface area contributed by atoms with Crippen molar-refractivity contribution in [1.82, 2.24) is 24.8 Å². The van der Waals surface area contributed by atoms with Crippen molar-refractivity contribution in [2.24, 2.45) is 0 Å². The predicted octanol–water partition coefficient (Wildman–Crippen LogP) is 1.79. The Balaban J connectivity index is 1.71. The van der Waals surface area contributed by atoms with Crippen LogP contribution in [0.4, 0.5) is 0 Å². The van der Waals surface area contributed by atoms with Crippen molar-refractivity contribution in [3.63, 3.8) is 0 Å². The first-order valence-corrected chi connectivity index (χ1v) is 7.58. The van der Waals surface area contributed by atoms with Crippen molar-refractivity contribution >= 4 is 11.8 Å². The molecule has 1 aliphatic heterocycles. The third kappa shape index (κ3) is 2.79. The zero-order valence-electron chi connectivity index (χ0n) is 11.2. The van der Waals surface area contributed by atoms with Gasteiger partial charge < -0.3 is 4.98 Å². The molecule has 0 amide bonds. The minimum absolute atomic E-state index is 0.859.